The number of fused-ring (bicyclic) bond motifs is 1. The van der Waals surface area contributed by atoms with E-state index in [0.717, 1.165) is 20.9 Å². The summed E-state index contributed by atoms with van der Waals surface area (Å²) < 4.78 is 14.5. The molecule has 1 aliphatic rings. The van der Waals surface area contributed by atoms with E-state index in [1.165, 1.54) is 17.0 Å². The molecule has 3 aromatic carbocycles. The predicted octanol–water partition coefficient (Wildman–Crippen LogP) is 5.73. The summed E-state index contributed by atoms with van der Waals surface area (Å²) in [5.74, 6) is -2.12. The second-order valence-corrected chi connectivity index (χ2v) is 9.08. The molecule has 0 aliphatic carbocycles. The van der Waals surface area contributed by atoms with Gasteiger partial charge in [0.2, 0.25) is 0 Å². The molecule has 2 heterocycles. The Morgan fingerprint density at radius 2 is 1.71 bits per heavy atom. The summed E-state index contributed by atoms with van der Waals surface area (Å²) in [7, 11) is 0. The maximum absolute atomic E-state index is 13.6. The summed E-state index contributed by atoms with van der Waals surface area (Å²) in [6.45, 7) is 0.256. The molecular weight excluding hydrogens is 499 g/mol. The fourth-order valence-corrected chi connectivity index (χ4v) is 4.71. The predicted molar refractivity (Wildman–Crippen MR) is 132 cm³/mol. The number of amides is 1. The molecule has 0 bridgehead atoms. The van der Waals surface area contributed by atoms with Crippen molar-refractivity contribution in [3.8, 4) is 0 Å². The fourth-order valence-electron chi connectivity index (χ4n) is 4.44. The van der Waals surface area contributed by atoms with E-state index in [-0.39, 0.29) is 17.9 Å². The van der Waals surface area contributed by atoms with Crippen molar-refractivity contribution >= 4 is 44.3 Å². The van der Waals surface area contributed by atoms with Gasteiger partial charge < -0.3 is 15.0 Å². The minimum absolute atomic E-state index is 0.00198. The van der Waals surface area contributed by atoms with E-state index in [1.807, 2.05) is 30.5 Å². The Bertz CT molecular complexity index is 1420. The van der Waals surface area contributed by atoms with Crippen molar-refractivity contribution in [3.05, 3.63) is 112 Å². The fraction of sp³-hybridized carbons (Fsp3) is 0.111. The van der Waals surface area contributed by atoms with Gasteiger partial charge in [0.1, 0.15) is 11.6 Å². The van der Waals surface area contributed by atoms with Crippen LogP contribution in [-0.4, -0.2) is 33.2 Å². The number of aliphatic hydroxyl groups is 1. The molecule has 34 heavy (non-hydrogen) atoms. The number of nitrogens with zero attached hydrogens (tertiary/aromatic N) is 1. The van der Waals surface area contributed by atoms with Gasteiger partial charge in [0.15, 0.2) is 0 Å². The van der Waals surface area contributed by atoms with E-state index in [9.17, 15) is 19.1 Å². The van der Waals surface area contributed by atoms with Crippen molar-refractivity contribution < 1.29 is 19.1 Å². The Balaban J connectivity index is 1.56. The van der Waals surface area contributed by atoms with Crippen molar-refractivity contribution in [3.63, 3.8) is 0 Å². The average molecular weight is 519 g/mol. The molecule has 1 aliphatic heterocycles. The van der Waals surface area contributed by atoms with E-state index in [4.69, 9.17) is 0 Å². The van der Waals surface area contributed by atoms with Crippen LogP contribution in [0.2, 0.25) is 0 Å². The number of nitrogens with one attached hydrogen (secondary N) is 1. The summed E-state index contributed by atoms with van der Waals surface area (Å²) in [6, 6.07) is 19.5. The van der Waals surface area contributed by atoms with Crippen LogP contribution in [0.4, 0.5) is 4.39 Å². The van der Waals surface area contributed by atoms with E-state index >= 15 is 0 Å². The number of hydrogen-bond donors (Lipinski definition) is 2. The van der Waals surface area contributed by atoms with Gasteiger partial charge in [-0.2, -0.15) is 0 Å². The number of carbonyl (C=O) groups excluding carboxylic acids is 2. The van der Waals surface area contributed by atoms with Crippen LogP contribution in [0.25, 0.3) is 16.7 Å². The van der Waals surface area contributed by atoms with Crippen molar-refractivity contribution in [1.82, 2.24) is 9.88 Å². The zero-order valence-electron chi connectivity index (χ0n) is 18.0. The first-order chi connectivity index (χ1) is 16.4. The molecule has 5 rings (SSSR count). The molecule has 1 amide bonds. The lowest BCUT2D eigenvalue weighted by Crippen LogP contribution is -2.31. The molecule has 1 saturated heterocycles. The minimum atomic E-state index is -0.825. The summed E-state index contributed by atoms with van der Waals surface area (Å²) >= 11 is 3.36. The molecule has 1 atom stereocenters. The number of benzene rings is 3. The smallest absolute Gasteiger partial charge is 0.295 e. The monoisotopic (exact) mass is 518 g/mol. The topological polar surface area (TPSA) is 73.4 Å². The summed E-state index contributed by atoms with van der Waals surface area (Å²) in [5.41, 5.74) is 2.98. The average Bonchev–Trinajstić information content (AvgIpc) is 3.37. The highest BCUT2D eigenvalue weighted by atomic mass is 79.9. The maximum atomic E-state index is 13.6. The highest BCUT2D eigenvalue weighted by Crippen LogP contribution is 2.39. The quantitative estimate of drug-likeness (QED) is 0.201. The van der Waals surface area contributed by atoms with Crippen molar-refractivity contribution in [2.75, 3.05) is 6.54 Å². The van der Waals surface area contributed by atoms with Gasteiger partial charge in [-0.25, -0.2) is 4.39 Å². The lowest BCUT2D eigenvalue weighted by atomic mass is 9.95. The maximum Gasteiger partial charge on any atom is 0.295 e. The van der Waals surface area contributed by atoms with Gasteiger partial charge in [-0.15, -0.1) is 0 Å². The van der Waals surface area contributed by atoms with Crippen LogP contribution < -0.4 is 0 Å². The SMILES string of the molecule is O=C1C(=O)N(CCc2c[nH]c3ccccc23)C(c2ccc(F)cc2)C1=C(O)c1ccc(Br)cc1. The van der Waals surface area contributed by atoms with Crippen LogP contribution in [0.5, 0.6) is 0 Å². The van der Waals surface area contributed by atoms with Gasteiger partial charge in [0, 0.05) is 33.7 Å². The Morgan fingerprint density at radius 1 is 1.00 bits per heavy atom. The number of aliphatic hydroxyl groups excluding tert-OH is 1. The molecule has 0 radical (unpaired) electrons. The third-order valence-corrected chi connectivity index (χ3v) is 6.67. The molecule has 1 aromatic heterocycles. The third kappa shape index (κ3) is 3.92. The molecule has 170 valence electrons. The number of Topliss-reactive ketones (excluding diaryl/α,β-unsaturated/α-hetero) is 1. The van der Waals surface area contributed by atoms with Crippen LogP contribution in [0, 0.1) is 5.82 Å². The first kappa shape index (κ1) is 22.1. The lowest BCUT2D eigenvalue weighted by molar-refractivity contribution is -0.139. The standard InChI is InChI=1S/C27H20BrFN2O3/c28-19-9-5-17(6-10-19)25(32)23-24(16-7-11-20(29)12-8-16)31(27(34)26(23)33)14-13-18-15-30-22-4-2-1-3-21(18)22/h1-12,15,24,30,32H,13-14H2. The summed E-state index contributed by atoms with van der Waals surface area (Å²) in [6.07, 6.45) is 2.41. The number of carbonyl (C=O) groups is 2. The Labute approximate surface area is 203 Å². The molecule has 0 spiro atoms. The molecule has 0 saturated carbocycles. The third-order valence-electron chi connectivity index (χ3n) is 6.14. The van der Waals surface area contributed by atoms with Crippen LogP contribution in [0.3, 0.4) is 0 Å². The molecule has 2 N–H and O–H groups in total. The number of hydrogen-bond acceptors (Lipinski definition) is 3. The van der Waals surface area contributed by atoms with Crippen molar-refractivity contribution in [2.24, 2.45) is 0 Å². The van der Waals surface area contributed by atoms with Crippen molar-refractivity contribution in [1.29, 1.82) is 0 Å². The van der Waals surface area contributed by atoms with Crippen LogP contribution in [-0.2, 0) is 16.0 Å². The van der Waals surface area contributed by atoms with E-state index in [1.54, 1.807) is 36.4 Å². The van der Waals surface area contributed by atoms with Gasteiger partial charge >= 0.3 is 0 Å². The molecule has 5 nitrogen and oxygen atoms in total. The number of aromatic nitrogens is 1. The van der Waals surface area contributed by atoms with Crippen LogP contribution in [0.15, 0.2) is 89.0 Å². The van der Waals surface area contributed by atoms with E-state index < -0.39 is 23.5 Å². The molecular formula is C27H20BrFN2O3. The number of ketones is 1. The zero-order valence-corrected chi connectivity index (χ0v) is 19.5. The second-order valence-electron chi connectivity index (χ2n) is 8.16. The Morgan fingerprint density at radius 3 is 2.44 bits per heavy atom. The second kappa shape index (κ2) is 8.91. The number of halogens is 2. The molecule has 1 unspecified atom stereocenters. The van der Waals surface area contributed by atoms with Gasteiger partial charge in [-0.3, -0.25) is 9.59 Å². The van der Waals surface area contributed by atoms with Gasteiger partial charge in [0.25, 0.3) is 11.7 Å². The van der Waals surface area contributed by atoms with Gasteiger partial charge in [-0.05, 0) is 47.9 Å². The first-order valence-corrected chi connectivity index (χ1v) is 11.6. The highest BCUT2D eigenvalue weighted by molar-refractivity contribution is 9.10. The van der Waals surface area contributed by atoms with Gasteiger partial charge in [-0.1, -0.05) is 58.4 Å². The van der Waals surface area contributed by atoms with Crippen LogP contribution >= 0.6 is 15.9 Å². The first-order valence-electron chi connectivity index (χ1n) is 10.8. The largest absolute Gasteiger partial charge is 0.507 e. The van der Waals surface area contributed by atoms with E-state index in [2.05, 4.69) is 20.9 Å². The number of H-pyrrole nitrogens is 1. The van der Waals surface area contributed by atoms with Gasteiger partial charge in [0.05, 0.1) is 11.6 Å². The number of likely N-dealkylation sites (tertiary alicyclic amines) is 1. The minimum Gasteiger partial charge on any atom is -0.507 e. The molecule has 7 heteroatoms. The summed E-state index contributed by atoms with van der Waals surface area (Å²) in [4.78, 5) is 30.9. The van der Waals surface area contributed by atoms with Crippen LogP contribution in [0.1, 0.15) is 22.7 Å². The Hall–Kier alpha value is -3.71. The summed E-state index contributed by atoms with van der Waals surface area (Å²) in [5, 5.41) is 12.1. The normalized spacial score (nSPS) is 17.6. The molecule has 1 fully saturated rings. The molecule has 4 aromatic rings. The number of rotatable bonds is 5. The Kier molecular flexibility index (Phi) is 5.79. The zero-order chi connectivity index (χ0) is 23.8. The highest BCUT2D eigenvalue weighted by Gasteiger charge is 2.45. The van der Waals surface area contributed by atoms with E-state index in [0.29, 0.717) is 17.5 Å². The van der Waals surface area contributed by atoms with Crippen molar-refractivity contribution in [2.45, 2.75) is 12.5 Å². The lowest BCUT2D eigenvalue weighted by Gasteiger charge is -2.25. The number of para-hydroxylation sites is 1. The number of aromatic amines is 1.